The van der Waals surface area contributed by atoms with Crippen LogP contribution in [0.5, 0.6) is 0 Å². The van der Waals surface area contributed by atoms with Gasteiger partial charge in [-0.05, 0) is 38.6 Å². The molecule has 0 aliphatic carbocycles. The summed E-state index contributed by atoms with van der Waals surface area (Å²) in [6, 6.07) is 5.25. The van der Waals surface area contributed by atoms with Crippen LogP contribution in [-0.2, 0) is 6.54 Å². The number of hydrogen-bond acceptors (Lipinski definition) is 3. The summed E-state index contributed by atoms with van der Waals surface area (Å²) < 4.78 is 0.870. The summed E-state index contributed by atoms with van der Waals surface area (Å²) in [6.45, 7) is 8.45. The molecule has 4 nitrogen and oxygen atoms in total. The number of carboxylic acid groups (broad SMARTS) is 1. The van der Waals surface area contributed by atoms with E-state index in [-0.39, 0.29) is 5.54 Å². The quantitative estimate of drug-likeness (QED) is 0.918. The van der Waals surface area contributed by atoms with Gasteiger partial charge in [-0.15, -0.1) is 0 Å². The highest BCUT2D eigenvalue weighted by Gasteiger charge is 2.30. The molecular weight excluding hydrogens is 320 g/mol. The zero-order valence-electron chi connectivity index (χ0n) is 12.2. The van der Waals surface area contributed by atoms with Gasteiger partial charge in [0.05, 0.1) is 5.56 Å². The van der Waals surface area contributed by atoms with Crippen LogP contribution in [0.1, 0.15) is 29.8 Å². The van der Waals surface area contributed by atoms with Crippen molar-refractivity contribution in [2.45, 2.75) is 25.9 Å². The maximum absolute atomic E-state index is 10.9. The topological polar surface area (TPSA) is 43.8 Å². The van der Waals surface area contributed by atoms with E-state index in [2.05, 4.69) is 46.6 Å². The zero-order chi connectivity index (χ0) is 14.9. The number of benzene rings is 1. The van der Waals surface area contributed by atoms with Crippen LogP contribution in [0.2, 0.25) is 0 Å². The number of carbonyl (C=O) groups is 1. The summed E-state index contributed by atoms with van der Waals surface area (Å²) in [4.78, 5) is 15.7. The molecule has 110 valence electrons. The summed E-state index contributed by atoms with van der Waals surface area (Å²) in [5.41, 5.74) is 1.63. The Balaban J connectivity index is 2.09. The predicted octanol–water partition coefficient (Wildman–Crippen LogP) is 2.67. The predicted molar refractivity (Wildman–Crippen MR) is 83.1 cm³/mol. The van der Waals surface area contributed by atoms with Gasteiger partial charge in [-0.25, -0.2) is 4.79 Å². The lowest BCUT2D eigenvalue weighted by Crippen LogP contribution is -2.57. The summed E-state index contributed by atoms with van der Waals surface area (Å²) in [7, 11) is 2.16. The molecule has 1 aliphatic heterocycles. The fourth-order valence-corrected chi connectivity index (χ4v) is 3.03. The third kappa shape index (κ3) is 3.40. The minimum absolute atomic E-state index is 0.172. The highest BCUT2D eigenvalue weighted by atomic mass is 79.9. The molecule has 1 aromatic rings. The minimum Gasteiger partial charge on any atom is -0.478 e. The fraction of sp³-hybridized carbons (Fsp3) is 0.533. The highest BCUT2D eigenvalue weighted by Crippen LogP contribution is 2.24. The van der Waals surface area contributed by atoms with E-state index in [0.29, 0.717) is 5.56 Å². The Hall–Kier alpha value is -0.910. The van der Waals surface area contributed by atoms with Crippen molar-refractivity contribution in [3.63, 3.8) is 0 Å². The normalized spacial score (nSPS) is 20.0. The molecule has 1 aromatic carbocycles. The monoisotopic (exact) mass is 340 g/mol. The van der Waals surface area contributed by atoms with E-state index >= 15 is 0 Å². The van der Waals surface area contributed by atoms with E-state index in [1.165, 1.54) is 0 Å². The molecule has 0 unspecified atom stereocenters. The number of hydrogen-bond donors (Lipinski definition) is 1. The lowest BCUT2D eigenvalue weighted by atomic mass is 9.99. The van der Waals surface area contributed by atoms with Crippen molar-refractivity contribution in [1.82, 2.24) is 9.80 Å². The van der Waals surface area contributed by atoms with Crippen molar-refractivity contribution >= 4 is 21.9 Å². The smallest absolute Gasteiger partial charge is 0.335 e. The molecule has 1 saturated heterocycles. The van der Waals surface area contributed by atoms with E-state index in [4.69, 9.17) is 5.11 Å². The van der Waals surface area contributed by atoms with Crippen LogP contribution in [0.25, 0.3) is 0 Å². The van der Waals surface area contributed by atoms with E-state index in [1.54, 1.807) is 12.1 Å². The molecule has 0 amide bonds. The average Bonchev–Trinajstić information content (AvgIpc) is 2.35. The van der Waals surface area contributed by atoms with Crippen LogP contribution in [0.3, 0.4) is 0 Å². The average molecular weight is 341 g/mol. The van der Waals surface area contributed by atoms with Gasteiger partial charge in [0.25, 0.3) is 0 Å². The second kappa shape index (κ2) is 5.84. The van der Waals surface area contributed by atoms with E-state index < -0.39 is 5.97 Å². The molecule has 0 bridgehead atoms. The number of piperazine rings is 1. The van der Waals surface area contributed by atoms with Crippen molar-refractivity contribution in [2.75, 3.05) is 26.7 Å². The molecule has 5 heteroatoms. The molecule has 1 N–H and O–H groups in total. The van der Waals surface area contributed by atoms with Crippen LogP contribution < -0.4 is 0 Å². The Morgan fingerprint density at radius 1 is 1.40 bits per heavy atom. The molecule has 2 rings (SSSR count). The zero-order valence-corrected chi connectivity index (χ0v) is 13.8. The van der Waals surface area contributed by atoms with Gasteiger partial charge < -0.3 is 5.11 Å². The van der Waals surface area contributed by atoms with Crippen molar-refractivity contribution in [1.29, 1.82) is 0 Å². The third-order valence-corrected chi connectivity index (χ3v) is 4.83. The lowest BCUT2D eigenvalue weighted by Gasteiger charge is -2.45. The second-order valence-corrected chi connectivity index (χ2v) is 6.91. The Bertz CT molecular complexity index is 517. The summed E-state index contributed by atoms with van der Waals surface area (Å²) in [5.74, 6) is -0.891. The van der Waals surface area contributed by atoms with Gasteiger partial charge in [0.15, 0.2) is 0 Å². The lowest BCUT2D eigenvalue weighted by molar-refractivity contribution is 0.0359. The molecule has 1 heterocycles. The standard InChI is InChI=1S/C15H21BrN2O2/c1-15(2)10-18(7-6-17(15)3)9-12-5-4-11(14(19)20)8-13(12)16/h4-5,8H,6-7,9-10H2,1-3H3,(H,19,20). The molecular formula is C15H21BrN2O2. The molecule has 0 atom stereocenters. The Kier molecular flexibility index (Phi) is 4.52. The largest absolute Gasteiger partial charge is 0.478 e. The van der Waals surface area contributed by atoms with Gasteiger partial charge in [0.2, 0.25) is 0 Å². The number of carboxylic acids is 1. The van der Waals surface area contributed by atoms with Gasteiger partial charge in [0, 0.05) is 36.2 Å². The Labute approximate surface area is 128 Å². The first kappa shape index (κ1) is 15.5. The maximum Gasteiger partial charge on any atom is 0.335 e. The van der Waals surface area contributed by atoms with E-state index in [1.807, 2.05) is 6.07 Å². The molecule has 0 aromatic heterocycles. The van der Waals surface area contributed by atoms with Gasteiger partial charge >= 0.3 is 5.97 Å². The third-order valence-electron chi connectivity index (χ3n) is 4.09. The number of rotatable bonds is 3. The van der Waals surface area contributed by atoms with Gasteiger partial charge in [-0.3, -0.25) is 9.80 Å². The minimum atomic E-state index is -0.891. The molecule has 0 radical (unpaired) electrons. The first-order valence-electron chi connectivity index (χ1n) is 6.75. The Morgan fingerprint density at radius 2 is 2.10 bits per heavy atom. The summed E-state index contributed by atoms with van der Waals surface area (Å²) >= 11 is 3.48. The van der Waals surface area contributed by atoms with Gasteiger partial charge in [-0.1, -0.05) is 22.0 Å². The van der Waals surface area contributed by atoms with Crippen LogP contribution >= 0.6 is 15.9 Å². The number of nitrogens with zero attached hydrogens (tertiary/aromatic N) is 2. The first-order valence-corrected chi connectivity index (χ1v) is 7.54. The van der Waals surface area contributed by atoms with Crippen LogP contribution in [0.4, 0.5) is 0 Å². The van der Waals surface area contributed by atoms with Crippen molar-refractivity contribution in [2.24, 2.45) is 0 Å². The van der Waals surface area contributed by atoms with Crippen molar-refractivity contribution in [3.05, 3.63) is 33.8 Å². The van der Waals surface area contributed by atoms with Crippen molar-refractivity contribution in [3.8, 4) is 0 Å². The molecule has 1 aliphatic rings. The molecule has 0 saturated carbocycles. The number of aromatic carboxylic acids is 1. The van der Waals surface area contributed by atoms with Crippen molar-refractivity contribution < 1.29 is 9.90 Å². The molecule has 0 spiro atoms. The second-order valence-electron chi connectivity index (χ2n) is 6.06. The van der Waals surface area contributed by atoms with E-state index in [0.717, 1.165) is 36.2 Å². The van der Waals surface area contributed by atoms with Gasteiger partial charge in [0.1, 0.15) is 0 Å². The van der Waals surface area contributed by atoms with Crippen LogP contribution in [0, 0.1) is 0 Å². The Morgan fingerprint density at radius 3 is 2.65 bits per heavy atom. The summed E-state index contributed by atoms with van der Waals surface area (Å²) in [5, 5.41) is 8.98. The van der Waals surface area contributed by atoms with Crippen LogP contribution in [0.15, 0.2) is 22.7 Å². The van der Waals surface area contributed by atoms with Gasteiger partial charge in [-0.2, -0.15) is 0 Å². The van der Waals surface area contributed by atoms with E-state index in [9.17, 15) is 4.79 Å². The number of likely N-dealkylation sites (N-methyl/N-ethyl adjacent to an activating group) is 1. The number of halogens is 1. The molecule has 1 fully saturated rings. The summed E-state index contributed by atoms with van der Waals surface area (Å²) in [6.07, 6.45) is 0. The first-order chi connectivity index (χ1) is 9.29. The molecule has 20 heavy (non-hydrogen) atoms. The SMILES string of the molecule is CN1CCN(Cc2ccc(C(=O)O)cc2Br)CC1(C)C. The maximum atomic E-state index is 10.9. The fourth-order valence-electron chi connectivity index (χ4n) is 2.53. The van der Waals surface area contributed by atoms with Crippen LogP contribution in [-0.4, -0.2) is 53.1 Å². The highest BCUT2D eigenvalue weighted by molar-refractivity contribution is 9.10.